The van der Waals surface area contributed by atoms with Crippen LogP contribution in [-0.2, 0) is 16.8 Å². The zero-order valence-electron chi connectivity index (χ0n) is 12.1. The highest BCUT2D eigenvalue weighted by Gasteiger charge is 2.31. The molecule has 1 N–H and O–H groups in total. The van der Waals surface area contributed by atoms with Crippen molar-refractivity contribution in [3.05, 3.63) is 34.9 Å². The molecule has 0 radical (unpaired) electrons. The lowest BCUT2D eigenvalue weighted by atomic mass is 10.0. The lowest BCUT2D eigenvalue weighted by Gasteiger charge is -2.33. The van der Waals surface area contributed by atoms with Crippen molar-refractivity contribution in [1.29, 1.82) is 0 Å². The molecule has 1 aromatic rings. The normalized spacial score (nSPS) is 20.9. The fraction of sp³-hybridized carbons (Fsp3) is 0.571. The molecular weight excluding hydrogens is 312 g/mol. The lowest BCUT2D eigenvalue weighted by molar-refractivity contribution is 0.161. The van der Waals surface area contributed by atoms with Crippen molar-refractivity contribution in [3.8, 4) is 0 Å². The highest BCUT2D eigenvalue weighted by Crippen LogP contribution is 2.21. The van der Waals surface area contributed by atoms with Crippen molar-refractivity contribution < 1.29 is 13.5 Å². The third-order valence-corrected chi connectivity index (χ3v) is 5.89. The molecule has 1 aliphatic heterocycles. The molecule has 1 aromatic carbocycles. The van der Waals surface area contributed by atoms with E-state index in [9.17, 15) is 13.5 Å². The van der Waals surface area contributed by atoms with E-state index >= 15 is 0 Å². The number of halogens is 1. The molecule has 21 heavy (non-hydrogen) atoms. The van der Waals surface area contributed by atoms with Crippen molar-refractivity contribution in [1.82, 2.24) is 8.61 Å². The number of aliphatic hydroxyl groups excluding tert-OH is 1. The average molecular weight is 333 g/mol. The second-order valence-corrected chi connectivity index (χ2v) is 7.91. The molecule has 0 aromatic heterocycles. The minimum Gasteiger partial charge on any atom is -0.396 e. The molecule has 1 heterocycles. The molecule has 1 saturated heterocycles. The van der Waals surface area contributed by atoms with E-state index in [0.717, 1.165) is 18.4 Å². The van der Waals surface area contributed by atoms with Crippen LogP contribution in [0.15, 0.2) is 24.3 Å². The van der Waals surface area contributed by atoms with Gasteiger partial charge in [0.25, 0.3) is 10.2 Å². The lowest BCUT2D eigenvalue weighted by Crippen LogP contribution is -2.47. The van der Waals surface area contributed by atoms with E-state index in [1.807, 2.05) is 6.07 Å². The Balaban J connectivity index is 2.07. The molecule has 7 heteroatoms. The average Bonchev–Trinajstić information content (AvgIpc) is 2.47. The van der Waals surface area contributed by atoms with Crippen LogP contribution in [0, 0.1) is 5.92 Å². The minimum absolute atomic E-state index is 0.0318. The van der Waals surface area contributed by atoms with E-state index in [1.54, 1.807) is 25.2 Å². The van der Waals surface area contributed by atoms with Gasteiger partial charge in [0.05, 0.1) is 0 Å². The van der Waals surface area contributed by atoms with Crippen LogP contribution in [0.4, 0.5) is 0 Å². The molecule has 2 rings (SSSR count). The summed E-state index contributed by atoms with van der Waals surface area (Å²) in [6.45, 7) is 1.21. The second-order valence-electron chi connectivity index (χ2n) is 5.44. The summed E-state index contributed by atoms with van der Waals surface area (Å²) >= 11 is 5.92. The first-order valence-electron chi connectivity index (χ1n) is 7.00. The monoisotopic (exact) mass is 332 g/mol. The number of hydrogen-bond donors (Lipinski definition) is 1. The fourth-order valence-corrected chi connectivity index (χ4v) is 4.23. The summed E-state index contributed by atoms with van der Waals surface area (Å²) in [4.78, 5) is 0. The molecule has 0 saturated carbocycles. The molecule has 118 valence electrons. The first-order valence-corrected chi connectivity index (χ1v) is 8.77. The van der Waals surface area contributed by atoms with Gasteiger partial charge in [-0.05, 0) is 36.5 Å². The maximum Gasteiger partial charge on any atom is 0.282 e. The fourth-order valence-electron chi connectivity index (χ4n) is 2.56. The summed E-state index contributed by atoms with van der Waals surface area (Å²) in [6.07, 6.45) is 1.66. The number of hydrogen-bond acceptors (Lipinski definition) is 3. The van der Waals surface area contributed by atoms with Crippen LogP contribution >= 0.6 is 11.6 Å². The van der Waals surface area contributed by atoms with Crippen LogP contribution in [0.5, 0.6) is 0 Å². The largest absolute Gasteiger partial charge is 0.396 e. The quantitative estimate of drug-likeness (QED) is 0.893. The highest BCUT2D eigenvalue weighted by molar-refractivity contribution is 7.86. The van der Waals surface area contributed by atoms with E-state index in [1.165, 1.54) is 8.61 Å². The Hall–Kier alpha value is -0.660. The molecular formula is C14H21ClN2O3S. The van der Waals surface area contributed by atoms with Gasteiger partial charge in [-0.3, -0.25) is 0 Å². The SMILES string of the molecule is CN(Cc1cccc(Cl)c1)S(=O)(=O)N1CCCC(CO)C1. The zero-order chi connectivity index (χ0) is 15.5. The van der Waals surface area contributed by atoms with Crippen molar-refractivity contribution in [2.75, 3.05) is 26.7 Å². The first kappa shape index (κ1) is 16.7. The van der Waals surface area contributed by atoms with Crippen LogP contribution in [0.3, 0.4) is 0 Å². The van der Waals surface area contributed by atoms with Gasteiger partial charge in [-0.25, -0.2) is 0 Å². The molecule has 0 aliphatic carbocycles. The van der Waals surface area contributed by atoms with Gasteiger partial charge in [0, 0.05) is 38.3 Å². The Kier molecular flexibility index (Phi) is 5.62. The third kappa shape index (κ3) is 4.17. The zero-order valence-corrected chi connectivity index (χ0v) is 13.6. The van der Waals surface area contributed by atoms with Crippen LogP contribution in [0.1, 0.15) is 18.4 Å². The summed E-state index contributed by atoms with van der Waals surface area (Å²) in [5, 5.41) is 9.82. The van der Waals surface area contributed by atoms with Gasteiger partial charge in [0.15, 0.2) is 0 Å². The maximum absolute atomic E-state index is 12.6. The number of nitrogens with zero attached hydrogens (tertiary/aromatic N) is 2. The smallest absolute Gasteiger partial charge is 0.282 e. The summed E-state index contributed by atoms with van der Waals surface area (Å²) in [6, 6.07) is 7.18. The van der Waals surface area contributed by atoms with Gasteiger partial charge in [0.1, 0.15) is 0 Å². The van der Waals surface area contributed by atoms with Crippen LogP contribution in [0.2, 0.25) is 5.02 Å². The van der Waals surface area contributed by atoms with Gasteiger partial charge in [-0.15, -0.1) is 0 Å². The Morgan fingerprint density at radius 2 is 2.24 bits per heavy atom. The number of aliphatic hydroxyl groups is 1. The molecule has 0 bridgehead atoms. The van der Waals surface area contributed by atoms with E-state index in [2.05, 4.69) is 0 Å². The van der Waals surface area contributed by atoms with Crippen LogP contribution in [-0.4, -0.2) is 48.9 Å². The predicted octanol–water partition coefficient (Wildman–Crippen LogP) is 1.72. The summed E-state index contributed by atoms with van der Waals surface area (Å²) in [7, 11) is -1.94. The minimum atomic E-state index is -3.50. The predicted molar refractivity (Wildman–Crippen MR) is 83.2 cm³/mol. The highest BCUT2D eigenvalue weighted by atomic mass is 35.5. The van der Waals surface area contributed by atoms with E-state index in [4.69, 9.17) is 11.6 Å². The van der Waals surface area contributed by atoms with E-state index < -0.39 is 10.2 Å². The molecule has 0 spiro atoms. The summed E-state index contributed by atoms with van der Waals surface area (Å²) < 4.78 is 27.9. The molecule has 0 amide bonds. The van der Waals surface area contributed by atoms with Gasteiger partial charge in [0.2, 0.25) is 0 Å². The molecule has 1 atom stereocenters. The van der Waals surface area contributed by atoms with Gasteiger partial charge < -0.3 is 5.11 Å². The Morgan fingerprint density at radius 1 is 1.48 bits per heavy atom. The topological polar surface area (TPSA) is 60.9 Å². The summed E-state index contributed by atoms with van der Waals surface area (Å²) in [5.74, 6) is 0.0353. The van der Waals surface area contributed by atoms with Crippen molar-refractivity contribution >= 4 is 21.8 Å². The van der Waals surface area contributed by atoms with Crippen LogP contribution < -0.4 is 0 Å². The van der Waals surface area contributed by atoms with Crippen molar-refractivity contribution in [3.63, 3.8) is 0 Å². The van der Waals surface area contributed by atoms with Gasteiger partial charge >= 0.3 is 0 Å². The van der Waals surface area contributed by atoms with Gasteiger partial charge in [-0.2, -0.15) is 17.0 Å². The van der Waals surface area contributed by atoms with Crippen LogP contribution in [0.25, 0.3) is 0 Å². The first-order chi connectivity index (χ1) is 9.93. The molecule has 1 aliphatic rings. The van der Waals surface area contributed by atoms with E-state index in [-0.39, 0.29) is 19.1 Å². The molecule has 1 fully saturated rings. The second kappa shape index (κ2) is 7.07. The maximum atomic E-state index is 12.6. The van der Waals surface area contributed by atoms with Crippen molar-refractivity contribution in [2.24, 2.45) is 5.92 Å². The van der Waals surface area contributed by atoms with Gasteiger partial charge in [-0.1, -0.05) is 23.7 Å². The molecule has 5 nitrogen and oxygen atoms in total. The van der Waals surface area contributed by atoms with E-state index in [0.29, 0.717) is 18.1 Å². The summed E-state index contributed by atoms with van der Waals surface area (Å²) in [5.41, 5.74) is 0.851. The molecule has 1 unspecified atom stereocenters. The Bertz CT molecular complexity index is 579. The van der Waals surface area contributed by atoms with Crippen molar-refractivity contribution in [2.45, 2.75) is 19.4 Å². The number of benzene rings is 1. The number of rotatable bonds is 5. The number of piperidine rings is 1. The Morgan fingerprint density at radius 3 is 2.90 bits per heavy atom. The third-order valence-electron chi connectivity index (χ3n) is 3.75. The standard InChI is InChI=1S/C14H21ClN2O3S/c1-16(9-12-4-2-6-14(15)8-12)21(19,20)17-7-3-5-13(10-17)11-18/h2,4,6,8,13,18H,3,5,7,9-11H2,1H3. The Labute approximate surface area is 131 Å².